The Morgan fingerprint density at radius 2 is 1.85 bits per heavy atom. The highest BCUT2D eigenvalue weighted by Crippen LogP contribution is 2.13. The minimum atomic E-state index is -0.437. The Balaban J connectivity index is 0.000000424. The number of thiol groups is 1. The minimum Gasteiger partial charge on any atom is -0.397 e. The number of rotatable bonds is 1. The highest BCUT2D eigenvalue weighted by molar-refractivity contribution is 7.80. The van der Waals surface area contributed by atoms with Gasteiger partial charge in [0.15, 0.2) is 0 Å². The van der Waals surface area contributed by atoms with Crippen molar-refractivity contribution in [2.45, 2.75) is 11.8 Å². The topological polar surface area (TPSA) is 63.4 Å². The standard InChI is InChI=1S/C6H5NO2S.C2H6O/c8-7(9)5-1-3-6(10)4-2-5;1-2-3/h1-4,10H;3H,2H2,1H3. The zero-order valence-electron chi connectivity index (χ0n) is 7.17. The van der Waals surface area contributed by atoms with Crippen molar-refractivity contribution in [3.8, 4) is 0 Å². The normalized spacial score (nSPS) is 8.54. The van der Waals surface area contributed by atoms with Crippen molar-refractivity contribution < 1.29 is 10.0 Å². The van der Waals surface area contributed by atoms with Gasteiger partial charge < -0.3 is 5.11 Å². The Kier molecular flexibility index (Phi) is 5.92. The van der Waals surface area contributed by atoms with E-state index in [4.69, 9.17) is 5.11 Å². The first-order valence-corrected chi connectivity index (χ1v) is 4.10. The molecule has 0 saturated heterocycles. The fourth-order valence-electron chi connectivity index (χ4n) is 0.574. The second-order valence-electron chi connectivity index (χ2n) is 2.09. The summed E-state index contributed by atoms with van der Waals surface area (Å²) in [6.07, 6.45) is 0. The molecule has 0 fully saturated rings. The summed E-state index contributed by atoms with van der Waals surface area (Å²) < 4.78 is 0. The van der Waals surface area contributed by atoms with Gasteiger partial charge in [0.1, 0.15) is 0 Å². The summed E-state index contributed by atoms with van der Waals surface area (Å²) in [6, 6.07) is 6.01. The van der Waals surface area contributed by atoms with Gasteiger partial charge in [-0.3, -0.25) is 10.1 Å². The van der Waals surface area contributed by atoms with Crippen LogP contribution in [0.3, 0.4) is 0 Å². The number of non-ortho nitro benzene ring substituents is 1. The van der Waals surface area contributed by atoms with Crippen molar-refractivity contribution in [2.75, 3.05) is 6.61 Å². The Morgan fingerprint density at radius 3 is 2.15 bits per heavy atom. The van der Waals surface area contributed by atoms with Gasteiger partial charge in [0.05, 0.1) is 4.92 Å². The van der Waals surface area contributed by atoms with Gasteiger partial charge in [-0.1, -0.05) is 0 Å². The number of nitrogens with zero attached hydrogens (tertiary/aromatic N) is 1. The molecule has 0 aromatic heterocycles. The number of nitro groups is 1. The average Bonchev–Trinajstić information content (AvgIpc) is 2.06. The molecule has 1 N–H and O–H groups in total. The molecule has 0 saturated carbocycles. The van der Waals surface area contributed by atoms with E-state index >= 15 is 0 Å². The first kappa shape index (κ1) is 11.9. The Bertz CT molecular complexity index is 261. The zero-order chi connectivity index (χ0) is 10.3. The van der Waals surface area contributed by atoms with Crippen molar-refractivity contribution in [3.63, 3.8) is 0 Å². The lowest BCUT2D eigenvalue weighted by Crippen LogP contribution is -1.85. The number of aliphatic hydroxyl groups is 1. The van der Waals surface area contributed by atoms with Crippen LogP contribution in [-0.4, -0.2) is 16.6 Å². The summed E-state index contributed by atoms with van der Waals surface area (Å²) in [7, 11) is 0. The van der Waals surface area contributed by atoms with Crippen molar-refractivity contribution in [2.24, 2.45) is 0 Å². The maximum Gasteiger partial charge on any atom is 0.269 e. The van der Waals surface area contributed by atoms with Crippen LogP contribution in [0.15, 0.2) is 29.2 Å². The molecular weight excluding hydrogens is 190 g/mol. The van der Waals surface area contributed by atoms with Crippen molar-refractivity contribution >= 4 is 18.3 Å². The summed E-state index contributed by atoms with van der Waals surface area (Å²) in [6.45, 7) is 1.93. The van der Waals surface area contributed by atoms with Gasteiger partial charge in [-0.05, 0) is 19.1 Å². The third kappa shape index (κ3) is 5.21. The first-order valence-electron chi connectivity index (χ1n) is 3.66. The molecule has 4 nitrogen and oxygen atoms in total. The molecule has 1 rings (SSSR count). The van der Waals surface area contributed by atoms with E-state index < -0.39 is 4.92 Å². The first-order chi connectivity index (χ1) is 6.11. The SMILES string of the molecule is CCO.O=[N+]([O-])c1ccc(S)cc1. The Morgan fingerprint density at radius 1 is 1.46 bits per heavy atom. The van der Waals surface area contributed by atoms with E-state index in [0.717, 1.165) is 4.90 Å². The molecule has 0 unspecified atom stereocenters. The fraction of sp³-hybridized carbons (Fsp3) is 0.250. The second-order valence-corrected chi connectivity index (χ2v) is 2.61. The smallest absolute Gasteiger partial charge is 0.269 e. The molecule has 0 spiro atoms. The van der Waals surface area contributed by atoms with Gasteiger partial charge in [-0.2, -0.15) is 0 Å². The third-order valence-electron chi connectivity index (χ3n) is 1.06. The van der Waals surface area contributed by atoms with Crippen LogP contribution in [-0.2, 0) is 0 Å². The van der Waals surface area contributed by atoms with Gasteiger partial charge in [-0.25, -0.2) is 0 Å². The molecule has 72 valence electrons. The van der Waals surface area contributed by atoms with Gasteiger partial charge in [0.2, 0.25) is 0 Å². The van der Waals surface area contributed by atoms with Gasteiger partial charge >= 0.3 is 0 Å². The lowest BCUT2D eigenvalue weighted by molar-refractivity contribution is -0.384. The molecule has 0 amide bonds. The van der Waals surface area contributed by atoms with Crippen LogP contribution >= 0.6 is 12.6 Å². The molecule has 5 heteroatoms. The van der Waals surface area contributed by atoms with E-state index in [1.165, 1.54) is 12.1 Å². The molecular formula is C8H11NO3S. The van der Waals surface area contributed by atoms with Crippen LogP contribution in [0.2, 0.25) is 0 Å². The number of benzene rings is 1. The van der Waals surface area contributed by atoms with E-state index in [-0.39, 0.29) is 12.3 Å². The van der Waals surface area contributed by atoms with Gasteiger partial charge in [-0.15, -0.1) is 12.6 Å². The maximum absolute atomic E-state index is 10.1. The predicted octanol–water partition coefficient (Wildman–Crippen LogP) is 1.88. The largest absolute Gasteiger partial charge is 0.397 e. The lowest BCUT2D eigenvalue weighted by atomic mass is 10.3. The van der Waals surface area contributed by atoms with E-state index in [1.807, 2.05) is 0 Å². The molecule has 1 aromatic rings. The number of nitro benzene ring substituents is 1. The number of hydrogen-bond donors (Lipinski definition) is 2. The Labute approximate surface area is 81.8 Å². The van der Waals surface area contributed by atoms with Crippen LogP contribution in [0.25, 0.3) is 0 Å². The van der Waals surface area contributed by atoms with Crippen molar-refractivity contribution in [1.29, 1.82) is 0 Å². The summed E-state index contributed by atoms with van der Waals surface area (Å²) in [4.78, 5) is 10.4. The molecule has 0 aliphatic rings. The van der Waals surface area contributed by atoms with E-state index in [2.05, 4.69) is 12.6 Å². The average molecular weight is 201 g/mol. The van der Waals surface area contributed by atoms with E-state index in [1.54, 1.807) is 19.1 Å². The minimum absolute atomic E-state index is 0.0952. The summed E-state index contributed by atoms with van der Waals surface area (Å²) in [5.41, 5.74) is 0.0952. The summed E-state index contributed by atoms with van der Waals surface area (Å²) >= 11 is 3.98. The van der Waals surface area contributed by atoms with Crippen molar-refractivity contribution in [1.82, 2.24) is 0 Å². The third-order valence-corrected chi connectivity index (χ3v) is 1.36. The monoisotopic (exact) mass is 201 g/mol. The summed E-state index contributed by atoms with van der Waals surface area (Å²) in [5, 5.41) is 17.7. The lowest BCUT2D eigenvalue weighted by Gasteiger charge is -1.89. The van der Waals surface area contributed by atoms with E-state index in [9.17, 15) is 10.1 Å². The van der Waals surface area contributed by atoms with Crippen LogP contribution in [0.4, 0.5) is 5.69 Å². The van der Waals surface area contributed by atoms with Crippen LogP contribution < -0.4 is 0 Å². The highest BCUT2D eigenvalue weighted by atomic mass is 32.1. The molecule has 1 aromatic carbocycles. The molecule has 0 aliphatic heterocycles. The molecule has 0 radical (unpaired) electrons. The molecule has 0 heterocycles. The fourth-order valence-corrected chi connectivity index (χ4v) is 0.723. The Hall–Kier alpha value is -1.07. The molecule has 0 bridgehead atoms. The second kappa shape index (κ2) is 6.45. The van der Waals surface area contributed by atoms with E-state index in [0.29, 0.717) is 0 Å². The van der Waals surface area contributed by atoms with Crippen molar-refractivity contribution in [3.05, 3.63) is 34.4 Å². The van der Waals surface area contributed by atoms with Crippen LogP contribution in [0.1, 0.15) is 6.92 Å². The maximum atomic E-state index is 10.1. The molecule has 0 aliphatic carbocycles. The van der Waals surface area contributed by atoms with Gasteiger partial charge in [0.25, 0.3) is 5.69 Å². The molecule has 0 atom stereocenters. The van der Waals surface area contributed by atoms with Crippen LogP contribution in [0.5, 0.6) is 0 Å². The van der Waals surface area contributed by atoms with Crippen LogP contribution in [0, 0.1) is 10.1 Å². The number of hydrogen-bond acceptors (Lipinski definition) is 4. The van der Waals surface area contributed by atoms with Gasteiger partial charge in [0, 0.05) is 23.6 Å². The molecule has 13 heavy (non-hydrogen) atoms. The quantitative estimate of drug-likeness (QED) is 0.414. The number of aliphatic hydroxyl groups excluding tert-OH is 1. The highest BCUT2D eigenvalue weighted by Gasteiger charge is 2.00. The zero-order valence-corrected chi connectivity index (χ0v) is 8.07. The predicted molar refractivity (Wildman–Crippen MR) is 53.1 cm³/mol. The summed E-state index contributed by atoms with van der Waals surface area (Å²) in [5.74, 6) is 0.